The first-order chi connectivity index (χ1) is 11.5. The van der Waals surface area contributed by atoms with Gasteiger partial charge in [-0.15, -0.1) is 35.7 Å². The summed E-state index contributed by atoms with van der Waals surface area (Å²) in [6.07, 6.45) is 1.98. The van der Waals surface area contributed by atoms with Crippen molar-refractivity contribution in [3.8, 4) is 0 Å². The van der Waals surface area contributed by atoms with Gasteiger partial charge in [0.1, 0.15) is 5.82 Å². The molecule has 8 heteroatoms. The number of aryl methyl sites for hydroxylation is 2. The third kappa shape index (κ3) is 5.60. The van der Waals surface area contributed by atoms with Gasteiger partial charge in [0.25, 0.3) is 0 Å². The fraction of sp³-hybridized carbons (Fsp3) is 0.412. The Morgan fingerprint density at radius 1 is 1.28 bits per heavy atom. The Morgan fingerprint density at radius 3 is 2.52 bits per heavy atom. The topological polar surface area (TPSA) is 54.2 Å². The third-order valence-corrected chi connectivity index (χ3v) is 4.84. The van der Waals surface area contributed by atoms with Gasteiger partial charge in [-0.05, 0) is 43.9 Å². The number of nitrogens with zero attached hydrogens (tertiary/aromatic N) is 3. The van der Waals surface area contributed by atoms with Gasteiger partial charge in [-0.25, -0.2) is 4.39 Å². The molecule has 2 N–H and O–H groups in total. The van der Waals surface area contributed by atoms with Crippen LogP contribution in [-0.4, -0.2) is 29.0 Å². The highest BCUT2D eigenvalue weighted by atomic mass is 127. The normalized spacial score (nSPS) is 11.2. The maximum Gasteiger partial charge on any atom is 0.191 e. The van der Waals surface area contributed by atoms with Gasteiger partial charge in [-0.1, -0.05) is 0 Å². The predicted molar refractivity (Wildman–Crippen MR) is 113 cm³/mol. The molecular formula is C17H25FIN5S. The summed E-state index contributed by atoms with van der Waals surface area (Å²) in [5, 5.41) is 10.9. The van der Waals surface area contributed by atoms with Crippen LogP contribution in [0.4, 0.5) is 4.39 Å². The molecule has 0 fully saturated rings. The molecule has 1 heterocycles. The van der Waals surface area contributed by atoms with Gasteiger partial charge in [0, 0.05) is 43.3 Å². The summed E-state index contributed by atoms with van der Waals surface area (Å²) in [4.78, 5) is 5.28. The summed E-state index contributed by atoms with van der Waals surface area (Å²) >= 11 is 1.60. The van der Waals surface area contributed by atoms with Crippen molar-refractivity contribution in [2.75, 3.05) is 13.3 Å². The van der Waals surface area contributed by atoms with E-state index in [1.54, 1.807) is 30.9 Å². The van der Waals surface area contributed by atoms with Crippen LogP contribution < -0.4 is 10.6 Å². The molecule has 0 saturated carbocycles. The number of hydrogen-bond acceptors (Lipinski definition) is 3. The number of aliphatic imine (C=N–C) groups is 1. The Kier molecular flexibility index (Phi) is 8.70. The van der Waals surface area contributed by atoms with Crippen molar-refractivity contribution in [2.24, 2.45) is 12.0 Å². The van der Waals surface area contributed by atoms with E-state index in [-0.39, 0.29) is 29.8 Å². The lowest BCUT2D eigenvalue weighted by atomic mass is 10.2. The molecule has 5 nitrogen and oxygen atoms in total. The molecule has 0 aliphatic carbocycles. The standard InChI is InChI=1S/C17H24FN5S.HI/c1-11-15(12(2)23(4)22-11)10-21-17(19-3)20-9-13-8-14(18)6-7-16(13)24-5;/h6-8H,9-10H2,1-5H3,(H2,19,20,21);1H. The van der Waals surface area contributed by atoms with Crippen LogP contribution in [0.1, 0.15) is 22.5 Å². The van der Waals surface area contributed by atoms with Crippen LogP contribution in [0.5, 0.6) is 0 Å². The van der Waals surface area contributed by atoms with E-state index in [2.05, 4.69) is 20.7 Å². The predicted octanol–water partition coefficient (Wildman–Crippen LogP) is 3.38. The highest BCUT2D eigenvalue weighted by molar-refractivity contribution is 14.0. The van der Waals surface area contributed by atoms with Gasteiger partial charge in [0.05, 0.1) is 5.69 Å². The van der Waals surface area contributed by atoms with Gasteiger partial charge in [0.2, 0.25) is 0 Å². The number of hydrogen-bond donors (Lipinski definition) is 2. The number of rotatable bonds is 5. The van der Waals surface area contributed by atoms with Crippen molar-refractivity contribution in [1.82, 2.24) is 20.4 Å². The van der Waals surface area contributed by atoms with Crippen molar-refractivity contribution in [3.63, 3.8) is 0 Å². The first kappa shape index (κ1) is 21.8. The molecule has 25 heavy (non-hydrogen) atoms. The molecule has 0 atom stereocenters. The van der Waals surface area contributed by atoms with Crippen LogP contribution in [0.3, 0.4) is 0 Å². The van der Waals surface area contributed by atoms with E-state index < -0.39 is 0 Å². The molecule has 0 aliphatic heterocycles. The summed E-state index contributed by atoms with van der Waals surface area (Å²) in [5.74, 6) is 0.447. The highest BCUT2D eigenvalue weighted by Crippen LogP contribution is 2.21. The molecule has 0 radical (unpaired) electrons. The Labute approximate surface area is 169 Å². The zero-order valence-electron chi connectivity index (χ0n) is 15.2. The van der Waals surface area contributed by atoms with Crippen LogP contribution in [0, 0.1) is 19.7 Å². The average Bonchev–Trinajstić information content (AvgIpc) is 2.80. The van der Waals surface area contributed by atoms with Crippen LogP contribution in [-0.2, 0) is 20.1 Å². The fourth-order valence-electron chi connectivity index (χ4n) is 2.53. The third-order valence-electron chi connectivity index (χ3n) is 4.00. The summed E-state index contributed by atoms with van der Waals surface area (Å²) in [6, 6.07) is 4.84. The fourth-order valence-corrected chi connectivity index (χ4v) is 3.13. The minimum atomic E-state index is -0.228. The quantitative estimate of drug-likeness (QED) is 0.300. The minimum Gasteiger partial charge on any atom is -0.352 e. The first-order valence-electron chi connectivity index (χ1n) is 7.72. The van der Waals surface area contributed by atoms with Crippen molar-refractivity contribution in [1.29, 1.82) is 0 Å². The number of benzene rings is 1. The van der Waals surface area contributed by atoms with Crippen LogP contribution in [0.25, 0.3) is 0 Å². The van der Waals surface area contributed by atoms with Gasteiger partial charge in [0.15, 0.2) is 5.96 Å². The number of guanidine groups is 1. The lowest BCUT2D eigenvalue weighted by Gasteiger charge is -2.14. The molecule has 0 aliphatic rings. The lowest BCUT2D eigenvalue weighted by Crippen LogP contribution is -2.36. The second kappa shape index (κ2) is 10.0. The summed E-state index contributed by atoms with van der Waals surface area (Å²) in [6.45, 7) is 5.20. The van der Waals surface area contributed by atoms with E-state index in [0.717, 1.165) is 27.4 Å². The molecular weight excluding hydrogens is 452 g/mol. The first-order valence-corrected chi connectivity index (χ1v) is 8.94. The van der Waals surface area contributed by atoms with E-state index in [4.69, 9.17) is 0 Å². The molecule has 0 bridgehead atoms. The lowest BCUT2D eigenvalue weighted by molar-refractivity contribution is 0.622. The van der Waals surface area contributed by atoms with E-state index >= 15 is 0 Å². The zero-order valence-corrected chi connectivity index (χ0v) is 18.3. The second-order valence-electron chi connectivity index (χ2n) is 5.51. The average molecular weight is 477 g/mol. The van der Waals surface area contributed by atoms with Gasteiger partial charge >= 0.3 is 0 Å². The number of halogens is 2. The maximum atomic E-state index is 13.5. The Balaban J connectivity index is 0.00000312. The molecule has 2 rings (SSSR count). The number of aromatic nitrogens is 2. The molecule has 138 valence electrons. The van der Waals surface area contributed by atoms with Gasteiger partial charge < -0.3 is 10.6 Å². The SMILES string of the molecule is CN=C(NCc1cc(F)ccc1SC)NCc1c(C)nn(C)c1C.I. The Hall–Kier alpha value is -1.29. The van der Waals surface area contributed by atoms with E-state index in [9.17, 15) is 4.39 Å². The molecule has 0 amide bonds. The zero-order chi connectivity index (χ0) is 17.7. The molecule has 1 aromatic heterocycles. The highest BCUT2D eigenvalue weighted by Gasteiger charge is 2.10. The van der Waals surface area contributed by atoms with Crippen molar-refractivity contribution in [3.05, 3.63) is 46.5 Å². The minimum absolute atomic E-state index is 0. The molecule has 0 spiro atoms. The smallest absolute Gasteiger partial charge is 0.191 e. The second-order valence-corrected chi connectivity index (χ2v) is 6.36. The van der Waals surface area contributed by atoms with Gasteiger partial charge in [-0.3, -0.25) is 9.67 Å². The van der Waals surface area contributed by atoms with Crippen molar-refractivity contribution >= 4 is 41.7 Å². The number of nitrogens with one attached hydrogen (secondary N) is 2. The van der Waals surface area contributed by atoms with Crippen molar-refractivity contribution < 1.29 is 4.39 Å². The van der Waals surface area contributed by atoms with Crippen LogP contribution >= 0.6 is 35.7 Å². The number of thioether (sulfide) groups is 1. The van der Waals surface area contributed by atoms with Crippen LogP contribution in [0.15, 0.2) is 28.1 Å². The van der Waals surface area contributed by atoms with Gasteiger partial charge in [-0.2, -0.15) is 5.10 Å². The summed E-state index contributed by atoms with van der Waals surface area (Å²) < 4.78 is 15.3. The molecule has 0 saturated heterocycles. The molecule has 1 aromatic carbocycles. The summed E-state index contributed by atoms with van der Waals surface area (Å²) in [5.41, 5.74) is 4.22. The molecule has 0 unspecified atom stereocenters. The van der Waals surface area contributed by atoms with Crippen molar-refractivity contribution in [2.45, 2.75) is 31.8 Å². The Morgan fingerprint density at radius 2 is 1.96 bits per heavy atom. The Bertz CT molecular complexity index is 745. The maximum absolute atomic E-state index is 13.5. The van der Waals surface area contributed by atoms with E-state index in [0.29, 0.717) is 19.0 Å². The summed E-state index contributed by atoms with van der Waals surface area (Å²) in [7, 11) is 3.66. The van der Waals surface area contributed by atoms with E-state index in [1.165, 1.54) is 6.07 Å². The molecule has 2 aromatic rings. The monoisotopic (exact) mass is 477 g/mol. The van der Waals surface area contributed by atoms with Crippen LogP contribution in [0.2, 0.25) is 0 Å². The largest absolute Gasteiger partial charge is 0.352 e. The van der Waals surface area contributed by atoms with E-state index in [1.807, 2.05) is 31.8 Å².